The first-order chi connectivity index (χ1) is 11.7. The molecule has 1 aromatic carbocycles. The molecular weight excluding hydrogens is 304 g/mol. The van der Waals surface area contributed by atoms with E-state index in [1.807, 2.05) is 12.1 Å². The van der Waals surface area contributed by atoms with Gasteiger partial charge in [-0.1, -0.05) is 12.1 Å². The quantitative estimate of drug-likeness (QED) is 0.750. The molecule has 7 nitrogen and oxygen atoms in total. The Hall–Kier alpha value is -3.53. The van der Waals surface area contributed by atoms with Gasteiger partial charge in [0.1, 0.15) is 0 Å². The number of aryl methyl sites for hydroxylation is 1. The number of aromatic amines is 1. The molecule has 0 atom stereocenters. The van der Waals surface area contributed by atoms with Crippen molar-refractivity contribution in [3.05, 3.63) is 59.9 Å². The second kappa shape index (κ2) is 7.15. The first kappa shape index (κ1) is 15.4. The van der Waals surface area contributed by atoms with Gasteiger partial charge in [0.05, 0.1) is 11.6 Å². The van der Waals surface area contributed by atoms with Crippen molar-refractivity contribution in [2.45, 2.75) is 12.8 Å². The van der Waals surface area contributed by atoms with Crippen LogP contribution in [0, 0.1) is 11.3 Å². The molecule has 0 unspecified atom stereocenters. The monoisotopic (exact) mass is 318 g/mol. The van der Waals surface area contributed by atoms with Crippen LogP contribution in [0.3, 0.4) is 0 Å². The molecule has 0 spiro atoms. The maximum absolute atomic E-state index is 12.0. The van der Waals surface area contributed by atoms with Gasteiger partial charge in [0.2, 0.25) is 11.9 Å². The van der Waals surface area contributed by atoms with Crippen molar-refractivity contribution in [2.24, 2.45) is 0 Å². The third-order valence-electron chi connectivity index (χ3n) is 3.42. The number of carbonyl (C=O) groups excluding carboxylic acids is 1. The van der Waals surface area contributed by atoms with Crippen LogP contribution in [0.5, 0.6) is 0 Å². The molecule has 2 heterocycles. The van der Waals surface area contributed by atoms with Crippen LogP contribution >= 0.6 is 0 Å². The molecule has 0 bridgehead atoms. The van der Waals surface area contributed by atoms with E-state index in [9.17, 15) is 4.79 Å². The Morgan fingerprint density at radius 3 is 2.58 bits per heavy atom. The summed E-state index contributed by atoms with van der Waals surface area (Å²) in [5, 5.41) is 19.4. The maximum atomic E-state index is 12.0. The predicted octanol–water partition coefficient (Wildman–Crippen LogP) is 2.31. The second-order valence-electron chi connectivity index (χ2n) is 5.12. The van der Waals surface area contributed by atoms with E-state index >= 15 is 0 Å². The molecule has 0 aliphatic heterocycles. The number of benzene rings is 1. The molecule has 0 radical (unpaired) electrons. The lowest BCUT2D eigenvalue weighted by atomic mass is 10.1. The zero-order valence-electron chi connectivity index (χ0n) is 12.7. The summed E-state index contributed by atoms with van der Waals surface area (Å²) >= 11 is 0. The number of hydrogen-bond acceptors (Lipinski definition) is 5. The molecule has 3 rings (SSSR count). The van der Waals surface area contributed by atoms with Crippen LogP contribution in [-0.4, -0.2) is 26.1 Å². The molecule has 0 saturated heterocycles. The van der Waals surface area contributed by atoms with E-state index in [2.05, 4.69) is 31.6 Å². The Morgan fingerprint density at radius 2 is 1.88 bits per heavy atom. The fourth-order valence-electron chi connectivity index (χ4n) is 2.16. The normalized spacial score (nSPS) is 10.1. The van der Waals surface area contributed by atoms with Crippen molar-refractivity contribution in [1.29, 1.82) is 5.26 Å². The highest BCUT2D eigenvalue weighted by atomic mass is 16.1. The van der Waals surface area contributed by atoms with E-state index in [4.69, 9.17) is 5.26 Å². The van der Waals surface area contributed by atoms with Crippen molar-refractivity contribution >= 4 is 11.9 Å². The van der Waals surface area contributed by atoms with E-state index in [1.165, 1.54) is 0 Å². The van der Waals surface area contributed by atoms with E-state index in [0.29, 0.717) is 30.2 Å². The minimum atomic E-state index is -0.156. The summed E-state index contributed by atoms with van der Waals surface area (Å²) in [6, 6.07) is 12.8. The topological polar surface area (TPSA) is 107 Å². The number of amides is 1. The van der Waals surface area contributed by atoms with Gasteiger partial charge >= 0.3 is 0 Å². The molecular formula is C17H14N6O. The Bertz CT molecular complexity index is 864. The van der Waals surface area contributed by atoms with Gasteiger partial charge < -0.3 is 4.98 Å². The average molecular weight is 318 g/mol. The van der Waals surface area contributed by atoms with Gasteiger partial charge in [-0.05, 0) is 36.2 Å². The fourth-order valence-corrected chi connectivity index (χ4v) is 2.16. The lowest BCUT2D eigenvalue weighted by molar-refractivity contribution is -0.116. The molecule has 0 aliphatic rings. The first-order valence-corrected chi connectivity index (χ1v) is 7.36. The smallest absolute Gasteiger partial charge is 0.228 e. The summed E-state index contributed by atoms with van der Waals surface area (Å²) in [5.41, 5.74) is 2.45. The predicted molar refractivity (Wildman–Crippen MR) is 87.7 cm³/mol. The molecule has 2 N–H and O–H groups in total. The fraction of sp³-hybridized carbons (Fsp3) is 0.118. The standard InChI is InChI=1S/C17H14N6O/c18-11-13-3-1-12(2-4-13)5-6-15(24)20-17-21-16(22-23-17)14-7-9-19-10-8-14/h1-4,7-10H,5-6H2,(H2,20,21,22,23,24). The van der Waals surface area contributed by atoms with Crippen LogP contribution < -0.4 is 5.32 Å². The number of rotatable bonds is 5. The summed E-state index contributed by atoms with van der Waals surface area (Å²) in [5.74, 6) is 0.725. The molecule has 7 heteroatoms. The van der Waals surface area contributed by atoms with E-state index in [0.717, 1.165) is 11.1 Å². The van der Waals surface area contributed by atoms with Crippen LogP contribution in [0.1, 0.15) is 17.5 Å². The molecule has 24 heavy (non-hydrogen) atoms. The number of nitriles is 1. The SMILES string of the molecule is N#Cc1ccc(CCC(=O)Nc2nnc(-c3ccncc3)[nH]2)cc1. The zero-order valence-corrected chi connectivity index (χ0v) is 12.7. The van der Waals surface area contributed by atoms with Crippen molar-refractivity contribution in [1.82, 2.24) is 20.2 Å². The summed E-state index contributed by atoms with van der Waals surface area (Å²) in [6.45, 7) is 0. The maximum Gasteiger partial charge on any atom is 0.228 e. The van der Waals surface area contributed by atoms with Crippen LogP contribution in [0.4, 0.5) is 5.95 Å². The number of carbonyl (C=O) groups is 1. The second-order valence-corrected chi connectivity index (χ2v) is 5.12. The minimum Gasteiger partial charge on any atom is -0.307 e. The Kier molecular flexibility index (Phi) is 4.58. The molecule has 0 aliphatic carbocycles. The van der Waals surface area contributed by atoms with Crippen molar-refractivity contribution in [2.75, 3.05) is 5.32 Å². The summed E-state index contributed by atoms with van der Waals surface area (Å²) < 4.78 is 0. The van der Waals surface area contributed by atoms with Crippen LogP contribution in [-0.2, 0) is 11.2 Å². The van der Waals surface area contributed by atoms with E-state index < -0.39 is 0 Å². The molecule has 0 saturated carbocycles. The largest absolute Gasteiger partial charge is 0.307 e. The average Bonchev–Trinajstić information content (AvgIpc) is 3.09. The number of anilines is 1. The third-order valence-corrected chi connectivity index (χ3v) is 3.42. The van der Waals surface area contributed by atoms with Gasteiger partial charge in [-0.2, -0.15) is 5.26 Å². The lowest BCUT2D eigenvalue weighted by Gasteiger charge is -2.02. The van der Waals surface area contributed by atoms with E-state index in [-0.39, 0.29) is 5.91 Å². The first-order valence-electron chi connectivity index (χ1n) is 7.36. The van der Waals surface area contributed by atoms with Gasteiger partial charge in [0, 0.05) is 24.4 Å². The number of pyridine rings is 1. The minimum absolute atomic E-state index is 0.156. The van der Waals surface area contributed by atoms with Crippen LogP contribution in [0.2, 0.25) is 0 Å². The highest BCUT2D eigenvalue weighted by molar-refractivity contribution is 5.89. The summed E-state index contributed by atoms with van der Waals surface area (Å²) in [7, 11) is 0. The molecule has 118 valence electrons. The Morgan fingerprint density at radius 1 is 1.12 bits per heavy atom. The van der Waals surface area contributed by atoms with E-state index in [1.54, 1.807) is 36.7 Å². The zero-order chi connectivity index (χ0) is 16.8. The van der Waals surface area contributed by atoms with Crippen molar-refractivity contribution < 1.29 is 4.79 Å². The molecule has 0 fully saturated rings. The highest BCUT2D eigenvalue weighted by Crippen LogP contribution is 2.14. The van der Waals surface area contributed by atoms with Gasteiger partial charge in [0.25, 0.3) is 0 Å². The lowest BCUT2D eigenvalue weighted by Crippen LogP contribution is -2.13. The van der Waals surface area contributed by atoms with Crippen molar-refractivity contribution in [3.8, 4) is 17.5 Å². The number of hydrogen-bond donors (Lipinski definition) is 2. The van der Waals surface area contributed by atoms with Gasteiger partial charge in [0.15, 0.2) is 5.82 Å². The van der Waals surface area contributed by atoms with Crippen molar-refractivity contribution in [3.63, 3.8) is 0 Å². The van der Waals surface area contributed by atoms with Crippen LogP contribution in [0.15, 0.2) is 48.8 Å². The Labute approximate surface area is 138 Å². The molecule has 2 aromatic heterocycles. The van der Waals surface area contributed by atoms with Gasteiger partial charge in [-0.15, -0.1) is 10.2 Å². The third kappa shape index (κ3) is 3.81. The number of aromatic nitrogens is 4. The number of nitrogens with zero attached hydrogens (tertiary/aromatic N) is 4. The van der Waals surface area contributed by atoms with Gasteiger partial charge in [-0.3, -0.25) is 15.1 Å². The summed E-state index contributed by atoms with van der Waals surface area (Å²) in [4.78, 5) is 18.9. The van der Waals surface area contributed by atoms with Gasteiger partial charge in [-0.25, -0.2) is 0 Å². The molecule has 3 aromatic rings. The van der Waals surface area contributed by atoms with Crippen LogP contribution in [0.25, 0.3) is 11.4 Å². The number of H-pyrrole nitrogens is 1. The molecule has 1 amide bonds. The summed E-state index contributed by atoms with van der Waals surface area (Å²) in [6.07, 6.45) is 4.22. The highest BCUT2D eigenvalue weighted by Gasteiger charge is 2.08. The number of nitrogens with one attached hydrogen (secondary N) is 2. The Balaban J connectivity index is 1.55.